The van der Waals surface area contributed by atoms with Gasteiger partial charge in [-0.3, -0.25) is 4.98 Å². The van der Waals surface area contributed by atoms with E-state index in [-0.39, 0.29) is 6.04 Å². The molecule has 0 aliphatic rings. The molecule has 0 saturated carbocycles. The molecule has 0 aliphatic heterocycles. The molecule has 3 rings (SSSR count). The molecule has 0 saturated heterocycles. The van der Waals surface area contributed by atoms with Crippen LogP contribution in [0.15, 0.2) is 66.9 Å². The van der Waals surface area contributed by atoms with Gasteiger partial charge in [0.25, 0.3) is 0 Å². The molecule has 2 aromatic carbocycles. The minimum atomic E-state index is -0.102. The summed E-state index contributed by atoms with van der Waals surface area (Å²) in [5, 5.41) is 9.09. The van der Waals surface area contributed by atoms with Crippen molar-refractivity contribution >= 4 is 5.69 Å². The van der Waals surface area contributed by atoms with E-state index in [9.17, 15) is 0 Å². The molecule has 0 bridgehead atoms. The zero-order valence-corrected chi connectivity index (χ0v) is 13.2. The Morgan fingerprint density at radius 3 is 2.42 bits per heavy atom. The Morgan fingerprint density at radius 2 is 1.75 bits per heavy atom. The lowest BCUT2D eigenvalue weighted by Crippen LogP contribution is -2.13. The number of nitrogens with zero attached hydrogens (tertiary/aromatic N) is 2. The van der Waals surface area contributed by atoms with Crippen molar-refractivity contribution in [3.8, 4) is 17.2 Å². The maximum Gasteiger partial charge on any atom is 0.101 e. The first kappa shape index (κ1) is 15.7. The molecule has 0 aliphatic carbocycles. The second-order valence-corrected chi connectivity index (χ2v) is 5.67. The van der Waals surface area contributed by atoms with Crippen molar-refractivity contribution in [2.24, 2.45) is 5.73 Å². The van der Waals surface area contributed by atoms with E-state index in [4.69, 9.17) is 16.7 Å². The average Bonchev–Trinajstić information content (AvgIpc) is 2.63. The molecule has 0 fully saturated rings. The molecule has 4 heteroatoms. The number of hydrogen-bond acceptors (Lipinski definition) is 4. The van der Waals surface area contributed by atoms with Crippen LogP contribution < -0.4 is 11.5 Å². The Balaban J connectivity index is 1.79. The highest BCUT2D eigenvalue weighted by molar-refractivity contribution is 5.70. The van der Waals surface area contributed by atoms with Gasteiger partial charge in [-0.15, -0.1) is 0 Å². The van der Waals surface area contributed by atoms with Crippen LogP contribution >= 0.6 is 0 Å². The highest BCUT2D eigenvalue weighted by atomic mass is 14.7. The molecule has 4 nitrogen and oxygen atoms in total. The van der Waals surface area contributed by atoms with Gasteiger partial charge in [0.15, 0.2) is 0 Å². The van der Waals surface area contributed by atoms with Gasteiger partial charge >= 0.3 is 0 Å². The van der Waals surface area contributed by atoms with E-state index in [1.54, 1.807) is 18.3 Å². The number of pyridine rings is 1. The van der Waals surface area contributed by atoms with Crippen LogP contribution in [-0.4, -0.2) is 4.98 Å². The molecule has 4 N–H and O–H groups in total. The normalized spacial score (nSPS) is 11.7. The fraction of sp³-hybridized carbons (Fsp3) is 0.100. The predicted octanol–water partition coefficient (Wildman–Crippen LogP) is 3.44. The van der Waals surface area contributed by atoms with Crippen LogP contribution in [-0.2, 0) is 6.42 Å². The van der Waals surface area contributed by atoms with Gasteiger partial charge < -0.3 is 11.5 Å². The van der Waals surface area contributed by atoms with Gasteiger partial charge in [0.05, 0.1) is 5.56 Å². The fourth-order valence-electron chi connectivity index (χ4n) is 2.62. The largest absolute Gasteiger partial charge is 0.398 e. The predicted molar refractivity (Wildman–Crippen MR) is 95.9 cm³/mol. The molecule has 1 unspecified atom stereocenters. The van der Waals surface area contributed by atoms with Crippen LogP contribution in [0.4, 0.5) is 5.69 Å². The van der Waals surface area contributed by atoms with Crippen LogP contribution in [0.1, 0.15) is 22.9 Å². The van der Waals surface area contributed by atoms with Gasteiger partial charge in [-0.05, 0) is 41.0 Å². The zero-order valence-electron chi connectivity index (χ0n) is 13.2. The number of rotatable bonds is 4. The lowest BCUT2D eigenvalue weighted by Gasteiger charge is -2.12. The van der Waals surface area contributed by atoms with Crippen LogP contribution in [0.2, 0.25) is 0 Å². The molecule has 3 aromatic rings. The van der Waals surface area contributed by atoms with E-state index in [0.29, 0.717) is 17.7 Å². The van der Waals surface area contributed by atoms with E-state index in [2.05, 4.69) is 11.1 Å². The summed E-state index contributed by atoms with van der Waals surface area (Å²) in [6.45, 7) is 0. The minimum Gasteiger partial charge on any atom is -0.398 e. The maximum absolute atomic E-state index is 9.09. The number of nitriles is 1. The van der Waals surface area contributed by atoms with Gasteiger partial charge in [0, 0.05) is 30.0 Å². The van der Waals surface area contributed by atoms with Crippen molar-refractivity contribution in [2.45, 2.75) is 12.5 Å². The molecule has 24 heavy (non-hydrogen) atoms. The summed E-state index contributed by atoms with van der Waals surface area (Å²) in [6.07, 6.45) is 2.47. The summed E-state index contributed by atoms with van der Waals surface area (Å²) in [4.78, 5) is 4.31. The van der Waals surface area contributed by atoms with Crippen molar-refractivity contribution in [3.05, 3.63) is 83.7 Å². The number of anilines is 1. The van der Waals surface area contributed by atoms with Crippen LogP contribution in [0.5, 0.6) is 0 Å². The summed E-state index contributed by atoms with van der Waals surface area (Å²) in [5.74, 6) is 0. The minimum absolute atomic E-state index is 0.102. The number of hydrogen-bond donors (Lipinski definition) is 2. The summed E-state index contributed by atoms with van der Waals surface area (Å²) in [5.41, 5.74) is 17.1. The van der Waals surface area contributed by atoms with Gasteiger partial charge in [0.1, 0.15) is 6.07 Å². The van der Waals surface area contributed by atoms with Gasteiger partial charge in [-0.25, -0.2) is 0 Å². The first-order valence-corrected chi connectivity index (χ1v) is 7.73. The lowest BCUT2D eigenvalue weighted by atomic mass is 9.97. The third kappa shape index (κ3) is 3.43. The Kier molecular flexibility index (Phi) is 4.55. The van der Waals surface area contributed by atoms with Gasteiger partial charge in [-0.1, -0.05) is 36.4 Å². The van der Waals surface area contributed by atoms with Crippen molar-refractivity contribution < 1.29 is 0 Å². The van der Waals surface area contributed by atoms with E-state index in [0.717, 1.165) is 22.4 Å². The van der Waals surface area contributed by atoms with Crippen LogP contribution in [0, 0.1) is 11.3 Å². The van der Waals surface area contributed by atoms with Gasteiger partial charge in [0.2, 0.25) is 0 Å². The van der Waals surface area contributed by atoms with Crippen molar-refractivity contribution in [3.63, 3.8) is 0 Å². The second kappa shape index (κ2) is 6.95. The molecule has 0 spiro atoms. The molecule has 1 atom stereocenters. The first-order chi connectivity index (χ1) is 11.7. The van der Waals surface area contributed by atoms with E-state index >= 15 is 0 Å². The average molecular weight is 314 g/mol. The Hall–Kier alpha value is -3.16. The third-order valence-corrected chi connectivity index (χ3v) is 4.00. The Labute approximate surface area is 141 Å². The standard InChI is InChI=1S/C20H18N4/c21-13-17-11-16(8-9-19(17)22)14-4-6-15(7-5-14)20(23)12-18-3-1-2-10-24-18/h1-11,20H,12,22-23H2. The number of nitrogen functional groups attached to an aromatic ring is 1. The SMILES string of the molecule is N#Cc1cc(-c2ccc(C(N)Cc3ccccn3)cc2)ccc1N. The van der Waals surface area contributed by atoms with Gasteiger partial charge in [-0.2, -0.15) is 5.26 Å². The van der Waals surface area contributed by atoms with Crippen molar-refractivity contribution in [1.29, 1.82) is 5.26 Å². The van der Waals surface area contributed by atoms with Crippen molar-refractivity contribution in [1.82, 2.24) is 4.98 Å². The number of benzene rings is 2. The molecule has 0 radical (unpaired) electrons. The first-order valence-electron chi connectivity index (χ1n) is 7.73. The summed E-state index contributed by atoms with van der Waals surface area (Å²) >= 11 is 0. The van der Waals surface area contributed by atoms with E-state index in [1.165, 1.54) is 0 Å². The van der Waals surface area contributed by atoms with Crippen molar-refractivity contribution in [2.75, 3.05) is 5.73 Å². The maximum atomic E-state index is 9.09. The lowest BCUT2D eigenvalue weighted by molar-refractivity contribution is 0.707. The monoisotopic (exact) mass is 314 g/mol. The highest BCUT2D eigenvalue weighted by Crippen LogP contribution is 2.25. The molecule has 118 valence electrons. The molecular weight excluding hydrogens is 296 g/mol. The Bertz CT molecular complexity index is 864. The topological polar surface area (TPSA) is 88.7 Å². The molecular formula is C20H18N4. The molecule has 0 amide bonds. The van der Waals surface area contributed by atoms with Crippen LogP contribution in [0.3, 0.4) is 0 Å². The van der Waals surface area contributed by atoms with E-state index < -0.39 is 0 Å². The number of aromatic nitrogens is 1. The molecule has 1 heterocycles. The number of nitrogens with two attached hydrogens (primary N) is 2. The second-order valence-electron chi connectivity index (χ2n) is 5.67. The van der Waals surface area contributed by atoms with E-state index in [1.807, 2.05) is 48.5 Å². The third-order valence-electron chi connectivity index (χ3n) is 4.00. The Morgan fingerprint density at radius 1 is 1.00 bits per heavy atom. The highest BCUT2D eigenvalue weighted by Gasteiger charge is 2.09. The smallest absolute Gasteiger partial charge is 0.101 e. The quantitative estimate of drug-likeness (QED) is 0.722. The molecule has 1 aromatic heterocycles. The fourth-order valence-corrected chi connectivity index (χ4v) is 2.62. The van der Waals surface area contributed by atoms with Crippen LogP contribution in [0.25, 0.3) is 11.1 Å². The zero-order chi connectivity index (χ0) is 16.9. The summed E-state index contributed by atoms with van der Waals surface area (Å²) < 4.78 is 0. The summed E-state index contributed by atoms with van der Waals surface area (Å²) in [7, 11) is 0. The summed E-state index contributed by atoms with van der Waals surface area (Å²) in [6, 6.07) is 21.4.